The van der Waals surface area contributed by atoms with Crippen molar-refractivity contribution in [3.8, 4) is 0 Å². The van der Waals surface area contributed by atoms with Crippen molar-refractivity contribution in [2.45, 2.75) is 0 Å². The molecule has 0 aliphatic rings. The number of aromatic nitrogens is 3. The molecule has 0 unspecified atom stereocenters. The Balaban J connectivity index is 2.12. The van der Waals surface area contributed by atoms with Gasteiger partial charge in [0.05, 0.1) is 6.20 Å². The summed E-state index contributed by atoms with van der Waals surface area (Å²) in [6.07, 6.45) is 5.23. The second kappa shape index (κ2) is 4.78. The van der Waals surface area contributed by atoms with Gasteiger partial charge in [-0.25, -0.2) is 20.2 Å². The zero-order valence-electron chi connectivity index (χ0n) is 10.8. The number of rotatable bonds is 3. The first-order chi connectivity index (χ1) is 9.69. The van der Waals surface area contributed by atoms with E-state index in [1.54, 1.807) is 30.7 Å². The maximum atomic E-state index is 13.0. The second-order valence-electron chi connectivity index (χ2n) is 4.29. The van der Waals surface area contributed by atoms with Crippen LogP contribution in [-0.2, 0) is 0 Å². The SMILES string of the molecule is CN(c1ccc(F)cc1)c1nc(NN)cn2ccnc12. The maximum absolute atomic E-state index is 13.0. The average Bonchev–Trinajstić information content (AvgIpc) is 2.94. The molecule has 0 bridgehead atoms. The Morgan fingerprint density at radius 1 is 1.30 bits per heavy atom. The Labute approximate surface area is 114 Å². The molecule has 0 saturated carbocycles. The minimum atomic E-state index is -0.279. The fourth-order valence-electron chi connectivity index (χ4n) is 2.00. The number of hydrazine groups is 1. The summed E-state index contributed by atoms with van der Waals surface area (Å²) < 4.78 is 14.8. The van der Waals surface area contributed by atoms with Crippen LogP contribution in [0.25, 0.3) is 5.65 Å². The summed E-state index contributed by atoms with van der Waals surface area (Å²) >= 11 is 0. The fourth-order valence-corrected chi connectivity index (χ4v) is 2.00. The predicted molar refractivity (Wildman–Crippen MR) is 75.3 cm³/mol. The van der Waals surface area contributed by atoms with E-state index in [1.807, 2.05) is 16.3 Å². The number of nitrogens with one attached hydrogen (secondary N) is 1. The molecule has 3 rings (SSSR count). The molecule has 102 valence electrons. The van der Waals surface area contributed by atoms with Gasteiger partial charge >= 0.3 is 0 Å². The fraction of sp³-hybridized carbons (Fsp3) is 0.0769. The number of imidazole rings is 1. The Hall–Kier alpha value is -2.67. The zero-order valence-corrected chi connectivity index (χ0v) is 10.8. The van der Waals surface area contributed by atoms with Crippen molar-refractivity contribution in [2.24, 2.45) is 5.84 Å². The molecule has 7 heteroatoms. The number of nitrogen functional groups attached to an aromatic ring is 1. The predicted octanol–water partition coefficient (Wildman–Crippen LogP) is 1.92. The molecule has 0 spiro atoms. The highest BCUT2D eigenvalue weighted by Crippen LogP contribution is 2.26. The van der Waals surface area contributed by atoms with Gasteiger partial charge in [-0.3, -0.25) is 0 Å². The Bertz CT molecular complexity index is 736. The first kappa shape index (κ1) is 12.4. The molecule has 6 nitrogen and oxygen atoms in total. The van der Waals surface area contributed by atoms with Crippen LogP contribution in [-0.4, -0.2) is 21.4 Å². The molecule has 0 saturated heterocycles. The highest BCUT2D eigenvalue weighted by molar-refractivity contribution is 5.73. The van der Waals surface area contributed by atoms with E-state index in [0.29, 0.717) is 17.3 Å². The van der Waals surface area contributed by atoms with E-state index < -0.39 is 0 Å². The van der Waals surface area contributed by atoms with Gasteiger partial charge in [0.2, 0.25) is 0 Å². The lowest BCUT2D eigenvalue weighted by atomic mass is 10.3. The van der Waals surface area contributed by atoms with Crippen molar-refractivity contribution in [3.63, 3.8) is 0 Å². The Kier molecular flexibility index (Phi) is 2.96. The number of nitrogens with two attached hydrogens (primary N) is 1. The number of hydrogen-bond acceptors (Lipinski definition) is 5. The minimum absolute atomic E-state index is 0.279. The molecule has 0 atom stereocenters. The van der Waals surface area contributed by atoms with Crippen LogP contribution in [0.2, 0.25) is 0 Å². The Morgan fingerprint density at radius 2 is 2.05 bits per heavy atom. The number of nitrogens with zero attached hydrogens (tertiary/aromatic N) is 4. The average molecular weight is 272 g/mol. The molecule has 0 amide bonds. The molecule has 0 aliphatic heterocycles. The molecule has 2 heterocycles. The van der Waals surface area contributed by atoms with Gasteiger partial charge < -0.3 is 14.7 Å². The maximum Gasteiger partial charge on any atom is 0.180 e. The van der Waals surface area contributed by atoms with E-state index in [4.69, 9.17) is 5.84 Å². The molecule has 2 aromatic heterocycles. The summed E-state index contributed by atoms with van der Waals surface area (Å²) in [5.41, 5.74) is 4.01. The van der Waals surface area contributed by atoms with Gasteiger partial charge in [0.15, 0.2) is 17.3 Å². The highest BCUT2D eigenvalue weighted by Gasteiger charge is 2.13. The van der Waals surface area contributed by atoms with Gasteiger partial charge in [0, 0.05) is 25.1 Å². The number of halogens is 1. The van der Waals surface area contributed by atoms with Gasteiger partial charge in [-0.1, -0.05) is 0 Å². The van der Waals surface area contributed by atoms with Crippen LogP contribution in [0.15, 0.2) is 42.9 Å². The van der Waals surface area contributed by atoms with E-state index in [1.165, 1.54) is 12.1 Å². The van der Waals surface area contributed by atoms with Crippen molar-refractivity contribution < 1.29 is 4.39 Å². The van der Waals surface area contributed by atoms with Gasteiger partial charge in [0.1, 0.15) is 5.82 Å². The van der Waals surface area contributed by atoms with Gasteiger partial charge in [-0.15, -0.1) is 0 Å². The first-order valence-corrected chi connectivity index (χ1v) is 5.98. The van der Waals surface area contributed by atoms with Crippen LogP contribution in [0, 0.1) is 5.82 Å². The monoisotopic (exact) mass is 272 g/mol. The first-order valence-electron chi connectivity index (χ1n) is 5.98. The number of hydrogen-bond donors (Lipinski definition) is 2. The van der Waals surface area contributed by atoms with Crippen LogP contribution in [0.1, 0.15) is 0 Å². The standard InChI is InChI=1S/C13H13FN6/c1-19(10-4-2-9(14)3-5-10)13-12-16-6-7-20(12)8-11(17-13)18-15/h2-8,18H,15H2,1H3. The topological polar surface area (TPSA) is 71.5 Å². The van der Waals surface area contributed by atoms with Gasteiger partial charge in [-0.05, 0) is 24.3 Å². The van der Waals surface area contributed by atoms with E-state index >= 15 is 0 Å². The Morgan fingerprint density at radius 3 is 2.75 bits per heavy atom. The van der Waals surface area contributed by atoms with Crippen LogP contribution >= 0.6 is 0 Å². The highest BCUT2D eigenvalue weighted by atomic mass is 19.1. The molecule has 3 aromatic rings. The van der Waals surface area contributed by atoms with Crippen molar-refractivity contribution in [2.75, 3.05) is 17.4 Å². The molecular weight excluding hydrogens is 259 g/mol. The van der Waals surface area contributed by atoms with E-state index in [0.717, 1.165) is 5.69 Å². The number of anilines is 3. The lowest BCUT2D eigenvalue weighted by Crippen LogP contribution is -2.16. The summed E-state index contributed by atoms with van der Waals surface area (Å²) in [4.78, 5) is 10.5. The van der Waals surface area contributed by atoms with Gasteiger partial charge in [-0.2, -0.15) is 0 Å². The van der Waals surface area contributed by atoms with Crippen molar-refractivity contribution in [1.29, 1.82) is 0 Å². The molecular formula is C13H13FN6. The third-order valence-electron chi connectivity index (χ3n) is 3.04. The summed E-state index contributed by atoms with van der Waals surface area (Å²) in [7, 11) is 1.84. The van der Waals surface area contributed by atoms with E-state index in [-0.39, 0.29) is 5.82 Å². The largest absolute Gasteiger partial charge is 0.326 e. The molecule has 0 aliphatic carbocycles. The molecule has 0 fully saturated rings. The van der Waals surface area contributed by atoms with Crippen molar-refractivity contribution in [1.82, 2.24) is 14.4 Å². The summed E-state index contributed by atoms with van der Waals surface area (Å²) in [5.74, 6) is 6.28. The quantitative estimate of drug-likeness (QED) is 0.563. The smallest absolute Gasteiger partial charge is 0.180 e. The van der Waals surface area contributed by atoms with Crippen molar-refractivity contribution in [3.05, 3.63) is 48.7 Å². The molecule has 1 aromatic carbocycles. The zero-order chi connectivity index (χ0) is 14.1. The third-order valence-corrected chi connectivity index (χ3v) is 3.04. The van der Waals surface area contributed by atoms with Crippen LogP contribution < -0.4 is 16.2 Å². The lowest BCUT2D eigenvalue weighted by Gasteiger charge is -2.19. The summed E-state index contributed by atoms with van der Waals surface area (Å²) in [5, 5.41) is 0. The second-order valence-corrected chi connectivity index (χ2v) is 4.29. The van der Waals surface area contributed by atoms with Gasteiger partial charge in [0.25, 0.3) is 0 Å². The normalized spacial score (nSPS) is 10.8. The van der Waals surface area contributed by atoms with Crippen LogP contribution in [0.4, 0.5) is 21.7 Å². The third kappa shape index (κ3) is 2.04. The van der Waals surface area contributed by atoms with Crippen molar-refractivity contribution >= 4 is 23.0 Å². The minimum Gasteiger partial charge on any atom is -0.326 e. The van der Waals surface area contributed by atoms with Crippen LogP contribution in [0.5, 0.6) is 0 Å². The van der Waals surface area contributed by atoms with E-state index in [2.05, 4.69) is 15.4 Å². The lowest BCUT2D eigenvalue weighted by molar-refractivity contribution is 0.628. The summed E-state index contributed by atoms with van der Waals surface area (Å²) in [6, 6.07) is 6.16. The number of benzene rings is 1. The molecule has 3 N–H and O–H groups in total. The number of fused-ring (bicyclic) bond motifs is 1. The van der Waals surface area contributed by atoms with Crippen LogP contribution in [0.3, 0.4) is 0 Å². The molecule has 0 radical (unpaired) electrons. The van der Waals surface area contributed by atoms with E-state index in [9.17, 15) is 4.39 Å². The summed E-state index contributed by atoms with van der Waals surface area (Å²) in [6.45, 7) is 0. The molecule has 20 heavy (non-hydrogen) atoms.